The molecule has 0 radical (unpaired) electrons. The maximum absolute atomic E-state index is 9.82. The molecule has 2 aromatic heterocycles. The van der Waals surface area contributed by atoms with Crippen LogP contribution in [0.1, 0.15) is 44.2 Å². The number of rotatable bonds is 12. The minimum atomic E-state index is -0.110. The van der Waals surface area contributed by atoms with E-state index in [1.54, 1.807) is 7.11 Å². The summed E-state index contributed by atoms with van der Waals surface area (Å²) in [6, 6.07) is 6.56. The van der Waals surface area contributed by atoms with E-state index >= 15 is 0 Å². The Kier molecular flexibility index (Phi) is 8.37. The Bertz CT molecular complexity index is 1110. The minimum Gasteiger partial charge on any atom is -0.496 e. The van der Waals surface area contributed by atoms with Gasteiger partial charge >= 0.3 is 0 Å². The number of unbranched alkanes of at least 4 members (excludes halogenated alkanes) is 1. The van der Waals surface area contributed by atoms with E-state index in [9.17, 15) is 5.11 Å². The van der Waals surface area contributed by atoms with Gasteiger partial charge in [0.15, 0.2) is 11.3 Å². The smallest absolute Gasteiger partial charge is 0.222 e. The van der Waals surface area contributed by atoms with Gasteiger partial charge in [-0.3, -0.25) is 4.68 Å². The van der Waals surface area contributed by atoms with Crippen LogP contribution >= 0.6 is 0 Å². The molecule has 1 aliphatic rings. The van der Waals surface area contributed by atoms with Gasteiger partial charge in [0.2, 0.25) is 5.95 Å². The van der Waals surface area contributed by atoms with Crippen LogP contribution in [0.5, 0.6) is 5.75 Å². The molecule has 1 unspecified atom stereocenters. The molecular formula is C25H37N7O3. The lowest BCUT2D eigenvalue weighted by Gasteiger charge is -2.29. The molecule has 0 spiro atoms. The second-order valence-electron chi connectivity index (χ2n) is 9.13. The number of ether oxygens (including phenoxy) is 2. The zero-order valence-electron chi connectivity index (χ0n) is 20.9. The number of fused-ring (bicyclic) bond motifs is 1. The first-order valence-electron chi connectivity index (χ1n) is 12.4. The number of aliphatic hydroxyl groups excluding tert-OH is 1. The number of nitrogens with two attached hydrogens (primary N) is 1. The molecule has 2 atom stereocenters. The van der Waals surface area contributed by atoms with E-state index in [1.807, 2.05) is 17.8 Å². The zero-order valence-corrected chi connectivity index (χ0v) is 20.9. The van der Waals surface area contributed by atoms with Crippen molar-refractivity contribution in [3.63, 3.8) is 0 Å². The molecule has 3 heterocycles. The van der Waals surface area contributed by atoms with Crippen molar-refractivity contribution < 1.29 is 14.6 Å². The first-order valence-corrected chi connectivity index (χ1v) is 12.4. The molecule has 0 aliphatic carbocycles. The number of nitrogens with one attached hydrogen (secondary N) is 1. The van der Waals surface area contributed by atoms with Gasteiger partial charge in [-0.2, -0.15) is 10.1 Å². The SMILES string of the molecule is CCCCN(c1nc(N)nc2cn(Cc3ccc(CN[C@@H]4CCOC4)cc3OC)nc12)C(C)CO. The summed E-state index contributed by atoms with van der Waals surface area (Å²) in [5.74, 6) is 1.67. The van der Waals surface area contributed by atoms with E-state index in [2.05, 4.69) is 45.3 Å². The number of hydrogen-bond donors (Lipinski definition) is 3. The molecule has 10 nitrogen and oxygen atoms in total. The van der Waals surface area contributed by atoms with Crippen molar-refractivity contribution in [2.45, 2.75) is 58.3 Å². The third-order valence-electron chi connectivity index (χ3n) is 6.44. The maximum Gasteiger partial charge on any atom is 0.222 e. The second-order valence-corrected chi connectivity index (χ2v) is 9.13. The standard InChI is InChI=1S/C25H37N7O3/c1-4-5-9-32(17(2)15-33)24-23-21(28-25(26)29-24)14-31(30-23)13-19-7-6-18(11-22(19)34-3)12-27-20-8-10-35-16-20/h6-7,11,14,17,20,27,33H,4-5,8-10,12-13,15-16H2,1-3H3,(H2,26,28)/t17?,20-/m1/s1. The van der Waals surface area contributed by atoms with Crippen LogP contribution in [0.2, 0.25) is 0 Å². The highest BCUT2D eigenvalue weighted by Gasteiger charge is 2.21. The number of aliphatic hydroxyl groups is 1. The Morgan fingerprint density at radius 2 is 2.23 bits per heavy atom. The summed E-state index contributed by atoms with van der Waals surface area (Å²) in [5.41, 5.74) is 9.58. The third kappa shape index (κ3) is 6.01. The van der Waals surface area contributed by atoms with Gasteiger partial charge in [-0.15, -0.1) is 0 Å². The molecule has 0 saturated carbocycles. The van der Waals surface area contributed by atoms with Gasteiger partial charge in [-0.05, 0) is 31.4 Å². The fraction of sp³-hybridized carbons (Fsp3) is 0.560. The average molecular weight is 484 g/mol. The van der Waals surface area contributed by atoms with Crippen LogP contribution in [0.25, 0.3) is 11.0 Å². The average Bonchev–Trinajstić information content (AvgIpc) is 3.52. The van der Waals surface area contributed by atoms with Crippen molar-refractivity contribution >= 4 is 22.8 Å². The predicted molar refractivity (Wildman–Crippen MR) is 137 cm³/mol. The number of benzene rings is 1. The zero-order chi connectivity index (χ0) is 24.8. The normalized spacial score (nSPS) is 16.6. The van der Waals surface area contributed by atoms with E-state index in [0.717, 1.165) is 62.4 Å². The Morgan fingerprint density at radius 3 is 2.94 bits per heavy atom. The van der Waals surface area contributed by atoms with Crippen molar-refractivity contribution in [2.24, 2.45) is 0 Å². The highest BCUT2D eigenvalue weighted by molar-refractivity contribution is 5.86. The van der Waals surface area contributed by atoms with E-state index < -0.39 is 0 Å². The first-order chi connectivity index (χ1) is 17.0. The van der Waals surface area contributed by atoms with Crippen molar-refractivity contribution in [2.75, 3.05) is 44.1 Å². The Morgan fingerprint density at radius 1 is 1.37 bits per heavy atom. The Balaban J connectivity index is 1.58. The summed E-state index contributed by atoms with van der Waals surface area (Å²) in [6.45, 7) is 7.76. The van der Waals surface area contributed by atoms with E-state index in [0.29, 0.717) is 29.4 Å². The maximum atomic E-state index is 9.82. The lowest BCUT2D eigenvalue weighted by atomic mass is 10.1. The molecule has 1 fully saturated rings. The Labute approximate surface area is 206 Å². The molecule has 1 aliphatic heterocycles. The van der Waals surface area contributed by atoms with Gasteiger partial charge in [-0.1, -0.05) is 25.5 Å². The molecule has 1 saturated heterocycles. The summed E-state index contributed by atoms with van der Waals surface area (Å²) >= 11 is 0. The fourth-order valence-electron chi connectivity index (χ4n) is 4.37. The van der Waals surface area contributed by atoms with Gasteiger partial charge in [0.25, 0.3) is 0 Å². The summed E-state index contributed by atoms with van der Waals surface area (Å²) < 4.78 is 13.0. The van der Waals surface area contributed by atoms with Crippen molar-refractivity contribution in [3.8, 4) is 5.75 Å². The summed E-state index contributed by atoms with van der Waals surface area (Å²) in [5, 5.41) is 18.2. The second kappa shape index (κ2) is 11.7. The van der Waals surface area contributed by atoms with Gasteiger partial charge in [-0.25, -0.2) is 4.98 Å². The van der Waals surface area contributed by atoms with E-state index in [-0.39, 0.29) is 18.6 Å². The van der Waals surface area contributed by atoms with Crippen LogP contribution in [0.3, 0.4) is 0 Å². The van der Waals surface area contributed by atoms with Gasteiger partial charge in [0.1, 0.15) is 11.3 Å². The molecule has 190 valence electrons. The highest BCUT2D eigenvalue weighted by Crippen LogP contribution is 2.27. The van der Waals surface area contributed by atoms with Crippen LogP contribution in [0.4, 0.5) is 11.8 Å². The molecule has 1 aromatic carbocycles. The number of hydrogen-bond acceptors (Lipinski definition) is 9. The molecule has 4 N–H and O–H groups in total. The largest absolute Gasteiger partial charge is 0.496 e. The molecular weight excluding hydrogens is 446 g/mol. The van der Waals surface area contributed by atoms with Crippen LogP contribution < -0.4 is 20.7 Å². The number of methoxy groups -OCH3 is 1. The number of anilines is 2. The summed E-state index contributed by atoms with van der Waals surface area (Å²) in [7, 11) is 1.69. The molecule has 3 aromatic rings. The molecule has 10 heteroatoms. The van der Waals surface area contributed by atoms with Crippen molar-refractivity contribution in [1.29, 1.82) is 0 Å². The highest BCUT2D eigenvalue weighted by atomic mass is 16.5. The predicted octanol–water partition coefficient (Wildman–Crippen LogP) is 2.33. The van der Waals surface area contributed by atoms with Crippen LogP contribution in [0.15, 0.2) is 24.4 Å². The quantitative estimate of drug-likeness (QED) is 0.356. The monoisotopic (exact) mass is 483 g/mol. The van der Waals surface area contributed by atoms with Gasteiger partial charge in [0, 0.05) is 31.3 Å². The number of aromatic nitrogens is 4. The first kappa shape index (κ1) is 25.2. The van der Waals surface area contributed by atoms with Crippen LogP contribution in [-0.4, -0.2) is 70.4 Å². The fourth-order valence-corrected chi connectivity index (χ4v) is 4.37. The molecule has 4 rings (SSSR count). The number of nitrogen functional groups attached to an aromatic ring is 1. The van der Waals surface area contributed by atoms with Crippen molar-refractivity contribution in [1.82, 2.24) is 25.1 Å². The van der Waals surface area contributed by atoms with Gasteiger partial charge < -0.3 is 30.5 Å². The lowest BCUT2D eigenvalue weighted by molar-refractivity contribution is 0.190. The van der Waals surface area contributed by atoms with Crippen LogP contribution in [-0.2, 0) is 17.8 Å². The van der Waals surface area contributed by atoms with Crippen LogP contribution in [0, 0.1) is 0 Å². The number of nitrogens with zero attached hydrogens (tertiary/aromatic N) is 5. The van der Waals surface area contributed by atoms with E-state index in [4.69, 9.17) is 20.3 Å². The molecule has 0 bridgehead atoms. The summed E-state index contributed by atoms with van der Waals surface area (Å²) in [6.07, 6.45) is 4.94. The Hall–Kier alpha value is -2.95. The lowest BCUT2D eigenvalue weighted by Crippen LogP contribution is -2.37. The van der Waals surface area contributed by atoms with Crippen molar-refractivity contribution in [3.05, 3.63) is 35.5 Å². The van der Waals surface area contributed by atoms with Gasteiger partial charge in [0.05, 0.1) is 39.1 Å². The minimum absolute atomic E-state index is 0.0159. The van der Waals surface area contributed by atoms with E-state index in [1.165, 1.54) is 0 Å². The molecule has 35 heavy (non-hydrogen) atoms. The molecule has 0 amide bonds. The summed E-state index contributed by atoms with van der Waals surface area (Å²) in [4.78, 5) is 11.0. The topological polar surface area (TPSA) is 124 Å². The third-order valence-corrected chi connectivity index (χ3v) is 6.44.